The van der Waals surface area contributed by atoms with E-state index in [9.17, 15) is 0 Å². The van der Waals surface area contributed by atoms with Crippen molar-refractivity contribution < 1.29 is 0 Å². The number of hydrogen-bond acceptors (Lipinski definition) is 2. The van der Waals surface area contributed by atoms with Gasteiger partial charge in [0.25, 0.3) is 0 Å². The molecule has 0 saturated heterocycles. The molecule has 0 radical (unpaired) electrons. The van der Waals surface area contributed by atoms with E-state index in [1.54, 1.807) is 0 Å². The molecule has 1 heterocycles. The lowest BCUT2D eigenvalue weighted by atomic mass is 10.1. The first-order chi connectivity index (χ1) is 8.19. The average Bonchev–Trinajstić information content (AvgIpc) is 2.76. The predicted octanol–water partition coefficient (Wildman–Crippen LogP) is 4.54. The van der Waals surface area contributed by atoms with Gasteiger partial charge in [0, 0.05) is 22.0 Å². The van der Waals surface area contributed by atoms with Gasteiger partial charge in [-0.05, 0) is 44.0 Å². The van der Waals surface area contributed by atoms with Crippen molar-refractivity contribution in [1.82, 2.24) is 0 Å². The molecule has 0 spiro atoms. The first-order valence-corrected chi connectivity index (χ1v) is 6.89. The minimum atomic E-state index is 0.925. The molecule has 0 unspecified atom stereocenters. The number of rotatable bonds is 4. The van der Waals surface area contributed by atoms with Crippen LogP contribution in [0.25, 0.3) is 0 Å². The third kappa shape index (κ3) is 3.10. The highest BCUT2D eigenvalue weighted by Crippen LogP contribution is 2.20. The third-order valence-corrected chi connectivity index (χ3v) is 4.13. The Morgan fingerprint density at radius 1 is 1.06 bits per heavy atom. The number of thiophene rings is 1. The molecule has 0 fully saturated rings. The summed E-state index contributed by atoms with van der Waals surface area (Å²) in [6, 6.07) is 11.0. The monoisotopic (exact) mass is 245 g/mol. The van der Waals surface area contributed by atoms with Crippen molar-refractivity contribution in [3.8, 4) is 0 Å². The molecule has 0 aliphatic heterocycles. The topological polar surface area (TPSA) is 12.0 Å². The minimum absolute atomic E-state index is 0.925. The fraction of sp³-hybridized carbons (Fsp3) is 0.333. The number of anilines is 1. The lowest BCUT2D eigenvalue weighted by Crippen LogP contribution is -1.99. The highest BCUT2D eigenvalue weighted by atomic mass is 32.1. The maximum absolute atomic E-state index is 3.50. The molecular weight excluding hydrogens is 226 g/mol. The van der Waals surface area contributed by atoms with E-state index in [4.69, 9.17) is 0 Å². The van der Waals surface area contributed by atoms with Crippen LogP contribution in [-0.4, -0.2) is 0 Å². The van der Waals surface area contributed by atoms with Crippen molar-refractivity contribution in [3.63, 3.8) is 0 Å². The Morgan fingerprint density at radius 3 is 2.47 bits per heavy atom. The zero-order valence-corrected chi connectivity index (χ0v) is 11.5. The molecule has 1 aromatic heterocycles. The summed E-state index contributed by atoms with van der Waals surface area (Å²) in [6.07, 6.45) is 1.13. The summed E-state index contributed by atoms with van der Waals surface area (Å²) in [5.41, 5.74) is 3.87. The Bertz CT molecular complexity index is 499. The lowest BCUT2D eigenvalue weighted by Gasteiger charge is -2.09. The Labute approximate surface area is 108 Å². The number of aryl methyl sites for hydroxylation is 3. The van der Waals surface area contributed by atoms with Crippen molar-refractivity contribution >= 4 is 17.0 Å². The van der Waals surface area contributed by atoms with Crippen LogP contribution in [0.5, 0.6) is 0 Å². The molecule has 0 amide bonds. The molecule has 0 bridgehead atoms. The summed E-state index contributed by atoms with van der Waals surface area (Å²) in [4.78, 5) is 2.87. The number of nitrogens with one attached hydrogen (secondary N) is 1. The average molecular weight is 245 g/mol. The Kier molecular flexibility index (Phi) is 3.85. The van der Waals surface area contributed by atoms with Crippen molar-refractivity contribution in [3.05, 3.63) is 51.2 Å². The van der Waals surface area contributed by atoms with Crippen LogP contribution in [-0.2, 0) is 13.0 Å². The van der Waals surface area contributed by atoms with Crippen LogP contribution in [0, 0.1) is 13.8 Å². The molecular formula is C15H19NS. The van der Waals surface area contributed by atoms with Crippen molar-refractivity contribution in [2.45, 2.75) is 33.7 Å². The van der Waals surface area contributed by atoms with E-state index in [0.29, 0.717) is 0 Å². The van der Waals surface area contributed by atoms with Gasteiger partial charge >= 0.3 is 0 Å². The molecule has 0 atom stereocenters. The molecule has 0 saturated carbocycles. The normalized spacial score (nSPS) is 10.5. The third-order valence-electron chi connectivity index (χ3n) is 2.90. The zero-order valence-electron chi connectivity index (χ0n) is 10.7. The largest absolute Gasteiger partial charge is 0.380 e. The maximum atomic E-state index is 3.50. The Morgan fingerprint density at radius 2 is 1.82 bits per heavy atom. The maximum Gasteiger partial charge on any atom is 0.0494 e. The van der Waals surface area contributed by atoms with Crippen LogP contribution in [0.1, 0.15) is 27.8 Å². The molecule has 0 aliphatic rings. The molecule has 2 heteroatoms. The van der Waals surface area contributed by atoms with Gasteiger partial charge in [-0.25, -0.2) is 0 Å². The van der Waals surface area contributed by atoms with Gasteiger partial charge in [0.05, 0.1) is 0 Å². The van der Waals surface area contributed by atoms with Crippen molar-refractivity contribution in [2.75, 3.05) is 5.32 Å². The van der Waals surface area contributed by atoms with E-state index in [1.165, 1.54) is 26.6 Å². The standard InChI is InChI=1S/C15H19NS/c1-4-13-6-7-14(17-13)10-16-15-8-5-11(2)9-12(15)3/h5-9,16H,4,10H2,1-3H3. The van der Waals surface area contributed by atoms with Crippen molar-refractivity contribution in [1.29, 1.82) is 0 Å². The highest BCUT2D eigenvalue weighted by Gasteiger charge is 2.01. The van der Waals surface area contributed by atoms with E-state index in [1.807, 2.05) is 11.3 Å². The SMILES string of the molecule is CCc1ccc(CNc2ccc(C)cc2C)s1. The molecule has 2 rings (SSSR count). The van der Waals surface area contributed by atoms with Crippen LogP contribution in [0.4, 0.5) is 5.69 Å². The van der Waals surface area contributed by atoms with Crippen LogP contribution < -0.4 is 5.32 Å². The fourth-order valence-electron chi connectivity index (χ4n) is 1.90. The van der Waals surface area contributed by atoms with Crippen LogP contribution >= 0.6 is 11.3 Å². The number of benzene rings is 1. The predicted molar refractivity (Wildman–Crippen MR) is 76.9 cm³/mol. The Balaban J connectivity index is 2.02. The summed E-state index contributed by atoms with van der Waals surface area (Å²) in [6.45, 7) is 7.41. The summed E-state index contributed by atoms with van der Waals surface area (Å²) in [5, 5.41) is 3.50. The summed E-state index contributed by atoms with van der Waals surface area (Å²) < 4.78 is 0. The zero-order chi connectivity index (χ0) is 12.3. The smallest absolute Gasteiger partial charge is 0.0494 e. The molecule has 1 nitrogen and oxygen atoms in total. The van der Waals surface area contributed by atoms with Gasteiger partial charge in [-0.15, -0.1) is 11.3 Å². The van der Waals surface area contributed by atoms with E-state index in [2.05, 4.69) is 56.4 Å². The molecule has 90 valence electrons. The van der Waals surface area contributed by atoms with Gasteiger partial charge in [0.15, 0.2) is 0 Å². The van der Waals surface area contributed by atoms with Crippen molar-refractivity contribution in [2.24, 2.45) is 0 Å². The highest BCUT2D eigenvalue weighted by molar-refractivity contribution is 7.12. The lowest BCUT2D eigenvalue weighted by molar-refractivity contribution is 1.18. The van der Waals surface area contributed by atoms with Gasteiger partial charge in [0.1, 0.15) is 0 Å². The quantitative estimate of drug-likeness (QED) is 0.834. The van der Waals surface area contributed by atoms with E-state index >= 15 is 0 Å². The van der Waals surface area contributed by atoms with E-state index in [-0.39, 0.29) is 0 Å². The number of hydrogen-bond donors (Lipinski definition) is 1. The first kappa shape index (κ1) is 12.2. The van der Waals surface area contributed by atoms with Gasteiger partial charge in [-0.1, -0.05) is 24.6 Å². The van der Waals surface area contributed by atoms with E-state index in [0.717, 1.165) is 13.0 Å². The minimum Gasteiger partial charge on any atom is -0.380 e. The summed E-state index contributed by atoms with van der Waals surface area (Å²) in [5.74, 6) is 0. The molecule has 0 aliphatic carbocycles. The van der Waals surface area contributed by atoms with Crippen LogP contribution in [0.2, 0.25) is 0 Å². The molecule has 1 N–H and O–H groups in total. The van der Waals surface area contributed by atoms with E-state index < -0.39 is 0 Å². The second-order valence-corrected chi connectivity index (χ2v) is 5.65. The summed E-state index contributed by atoms with van der Waals surface area (Å²) in [7, 11) is 0. The fourth-order valence-corrected chi connectivity index (χ4v) is 2.80. The first-order valence-electron chi connectivity index (χ1n) is 6.07. The molecule has 17 heavy (non-hydrogen) atoms. The molecule has 2 aromatic rings. The van der Waals surface area contributed by atoms with Gasteiger partial charge in [-0.3, -0.25) is 0 Å². The van der Waals surface area contributed by atoms with Crippen LogP contribution in [0.15, 0.2) is 30.3 Å². The Hall–Kier alpha value is -1.28. The van der Waals surface area contributed by atoms with Gasteiger partial charge < -0.3 is 5.32 Å². The second-order valence-electron chi connectivity index (χ2n) is 4.39. The second kappa shape index (κ2) is 5.37. The van der Waals surface area contributed by atoms with Crippen LogP contribution in [0.3, 0.4) is 0 Å². The van der Waals surface area contributed by atoms with Gasteiger partial charge in [0.2, 0.25) is 0 Å². The molecule has 1 aromatic carbocycles. The summed E-state index contributed by atoms with van der Waals surface area (Å²) >= 11 is 1.90. The van der Waals surface area contributed by atoms with Gasteiger partial charge in [-0.2, -0.15) is 0 Å².